The topological polar surface area (TPSA) is 97.2 Å². The summed E-state index contributed by atoms with van der Waals surface area (Å²) in [4.78, 5) is 29.1. The van der Waals surface area contributed by atoms with Crippen LogP contribution in [0.15, 0.2) is 15.0 Å². The van der Waals surface area contributed by atoms with Gasteiger partial charge in [0.25, 0.3) is 0 Å². The lowest BCUT2D eigenvalue weighted by atomic mass is 10.9. The predicted molar refractivity (Wildman–Crippen MR) is 46.1 cm³/mol. The van der Waals surface area contributed by atoms with Gasteiger partial charge < -0.3 is 5.73 Å². The largest absolute Gasteiger partial charge is 0.367 e. The van der Waals surface area contributed by atoms with Gasteiger partial charge in [0.2, 0.25) is 0 Å². The first-order valence-electron chi connectivity index (χ1n) is 3.05. The summed E-state index contributed by atoms with van der Waals surface area (Å²) in [7, 11) is 0. The normalized spacial score (nSPS) is 13.2. The van der Waals surface area contributed by atoms with E-state index in [0.717, 1.165) is 0 Å². The van der Waals surface area contributed by atoms with Gasteiger partial charge in [0, 0.05) is 6.21 Å². The number of urea groups is 2. The van der Waals surface area contributed by atoms with Crippen LogP contribution in [-0.2, 0) is 0 Å². The van der Waals surface area contributed by atoms with Crippen molar-refractivity contribution in [3.05, 3.63) is 0 Å². The van der Waals surface area contributed by atoms with E-state index in [0.29, 0.717) is 0 Å². The summed E-state index contributed by atoms with van der Waals surface area (Å²) in [5.41, 5.74) is 4.57. The number of primary amides is 1. The van der Waals surface area contributed by atoms with Crippen molar-refractivity contribution >= 4 is 30.7 Å². The van der Waals surface area contributed by atoms with Crippen molar-refractivity contribution in [2.75, 3.05) is 0 Å². The molecule has 1 aliphatic rings. The molecule has 0 unspecified atom stereocenters. The summed E-state index contributed by atoms with van der Waals surface area (Å²) in [5, 5.41) is 0. The second-order valence-electron chi connectivity index (χ2n) is 1.56. The van der Waals surface area contributed by atoms with Crippen molar-refractivity contribution in [1.82, 2.24) is 0 Å². The molecule has 6 heteroatoms. The maximum absolute atomic E-state index is 9.85. The number of nitrogens with two attached hydrogens (primary N) is 1. The molecule has 6 nitrogen and oxygen atoms in total. The maximum Gasteiger partial charge on any atom is 0.367 e. The quantitative estimate of drug-likeness (QED) is 0.530. The smallest absolute Gasteiger partial charge is 0.350 e. The lowest BCUT2D eigenvalue weighted by molar-refractivity contribution is 0.256. The van der Waals surface area contributed by atoms with Gasteiger partial charge in [-0.1, -0.05) is 0 Å². The molecule has 0 saturated carbocycles. The van der Waals surface area contributed by atoms with E-state index in [9.17, 15) is 9.59 Å². The molecule has 0 aromatic rings. The van der Waals surface area contributed by atoms with Crippen LogP contribution < -0.4 is 5.73 Å². The Hall–Kier alpha value is -1.85. The van der Waals surface area contributed by atoms with Crippen molar-refractivity contribution in [2.24, 2.45) is 20.7 Å². The van der Waals surface area contributed by atoms with Gasteiger partial charge in [0.05, 0.1) is 12.4 Å². The minimum Gasteiger partial charge on any atom is -0.350 e. The third-order valence-corrected chi connectivity index (χ3v) is 0.693. The van der Waals surface area contributed by atoms with Crippen molar-refractivity contribution in [3.8, 4) is 0 Å². The fraction of sp³-hybridized carbons (Fsp3) is 0.167. The molecule has 0 aromatic heterocycles. The summed E-state index contributed by atoms with van der Waals surface area (Å²) < 4.78 is 0. The van der Waals surface area contributed by atoms with E-state index in [4.69, 9.17) is 0 Å². The molecule has 0 saturated heterocycles. The Morgan fingerprint density at radius 3 is 2.17 bits per heavy atom. The van der Waals surface area contributed by atoms with Crippen LogP contribution >= 0.6 is 0 Å². The Labute approximate surface area is 68.9 Å². The Bertz CT molecular complexity index is 240. The lowest BCUT2D eigenvalue weighted by Crippen LogP contribution is -2.02. The zero-order valence-corrected chi connectivity index (χ0v) is 6.47. The molecule has 1 aliphatic heterocycles. The Morgan fingerprint density at radius 1 is 1.58 bits per heavy atom. The number of carbonyl (C=O) groups is 2. The molecule has 0 radical (unpaired) electrons. The molecule has 0 fully saturated rings. The SMILES string of the molecule is CC=NC(N)=O.O=C1N=CC=N1. The van der Waals surface area contributed by atoms with E-state index in [1.54, 1.807) is 6.92 Å². The van der Waals surface area contributed by atoms with Crippen LogP contribution in [0.25, 0.3) is 0 Å². The third kappa shape index (κ3) is 6.27. The summed E-state index contributed by atoms with van der Waals surface area (Å²) >= 11 is 0. The zero-order valence-electron chi connectivity index (χ0n) is 6.47. The van der Waals surface area contributed by atoms with Crippen molar-refractivity contribution in [2.45, 2.75) is 6.92 Å². The molecular formula is C6H8N4O2. The van der Waals surface area contributed by atoms with Gasteiger partial charge in [0.1, 0.15) is 0 Å². The molecule has 0 atom stereocenters. The summed E-state index contributed by atoms with van der Waals surface area (Å²) in [5.74, 6) is 0. The van der Waals surface area contributed by atoms with Crippen LogP contribution in [-0.4, -0.2) is 30.7 Å². The molecule has 0 aliphatic carbocycles. The van der Waals surface area contributed by atoms with Gasteiger partial charge in [0.15, 0.2) is 0 Å². The first-order valence-corrected chi connectivity index (χ1v) is 3.05. The summed E-state index contributed by atoms with van der Waals surface area (Å²) in [6, 6.07) is -1.05. The van der Waals surface area contributed by atoms with E-state index in [2.05, 4.69) is 20.7 Å². The summed E-state index contributed by atoms with van der Waals surface area (Å²) in [6.07, 6.45) is 4.08. The van der Waals surface area contributed by atoms with Crippen LogP contribution in [0.5, 0.6) is 0 Å². The highest BCUT2D eigenvalue weighted by Crippen LogP contribution is 1.81. The maximum atomic E-state index is 9.85. The van der Waals surface area contributed by atoms with Crippen molar-refractivity contribution in [3.63, 3.8) is 0 Å². The second kappa shape index (κ2) is 5.90. The van der Waals surface area contributed by atoms with Gasteiger partial charge in [-0.2, -0.15) is 9.98 Å². The Morgan fingerprint density at radius 2 is 2.08 bits per heavy atom. The molecule has 64 valence electrons. The van der Waals surface area contributed by atoms with Crippen molar-refractivity contribution < 1.29 is 9.59 Å². The Kier molecular flexibility index (Phi) is 4.99. The highest BCUT2D eigenvalue weighted by molar-refractivity contribution is 6.25. The van der Waals surface area contributed by atoms with Crippen LogP contribution in [0.2, 0.25) is 0 Å². The van der Waals surface area contributed by atoms with E-state index in [1.807, 2.05) is 0 Å². The first-order chi connectivity index (χ1) is 5.66. The zero-order chi connectivity index (χ0) is 9.40. The summed E-state index contributed by atoms with van der Waals surface area (Å²) in [6.45, 7) is 1.63. The molecule has 0 bridgehead atoms. The third-order valence-electron chi connectivity index (χ3n) is 0.693. The van der Waals surface area contributed by atoms with Gasteiger partial charge in [-0.3, -0.25) is 0 Å². The van der Waals surface area contributed by atoms with Crippen molar-refractivity contribution in [1.29, 1.82) is 0 Å². The van der Waals surface area contributed by atoms with E-state index in [-0.39, 0.29) is 0 Å². The first kappa shape index (κ1) is 10.2. The standard InChI is InChI=1S/C3H2N2O.C3H6N2O/c6-3-4-1-2-5-3;1-2-5-3(4)6/h1-2H;2H,1H3,(H2,4,6). The van der Waals surface area contributed by atoms with Crippen LogP contribution in [0.3, 0.4) is 0 Å². The molecule has 4 amide bonds. The minimum absolute atomic E-state index is 0.407. The minimum atomic E-state index is -0.641. The van der Waals surface area contributed by atoms with Gasteiger partial charge in [-0.05, 0) is 6.92 Å². The van der Waals surface area contributed by atoms with E-state index in [1.165, 1.54) is 18.6 Å². The van der Waals surface area contributed by atoms with Crippen LogP contribution in [0, 0.1) is 0 Å². The van der Waals surface area contributed by atoms with Crippen LogP contribution in [0.1, 0.15) is 6.92 Å². The highest BCUT2D eigenvalue weighted by atomic mass is 16.2. The number of hydrogen-bond acceptors (Lipinski definition) is 2. The number of nitrogens with zero attached hydrogens (tertiary/aromatic N) is 3. The molecular weight excluding hydrogens is 160 g/mol. The van der Waals surface area contributed by atoms with E-state index >= 15 is 0 Å². The molecule has 0 aromatic carbocycles. The number of carbonyl (C=O) groups excluding carboxylic acids is 2. The van der Waals surface area contributed by atoms with Gasteiger partial charge in [-0.15, -0.1) is 0 Å². The van der Waals surface area contributed by atoms with Gasteiger partial charge >= 0.3 is 12.1 Å². The van der Waals surface area contributed by atoms with Gasteiger partial charge in [-0.25, -0.2) is 14.6 Å². The monoisotopic (exact) mass is 168 g/mol. The fourth-order valence-electron chi connectivity index (χ4n) is 0.355. The fourth-order valence-corrected chi connectivity index (χ4v) is 0.355. The predicted octanol–water partition coefficient (Wildman–Crippen LogP) is 0.417. The lowest BCUT2D eigenvalue weighted by Gasteiger charge is -1.70. The highest BCUT2D eigenvalue weighted by Gasteiger charge is 1.91. The molecule has 2 N–H and O–H groups in total. The van der Waals surface area contributed by atoms with Crippen LogP contribution in [0.4, 0.5) is 9.59 Å². The Balaban J connectivity index is 0.000000202. The molecule has 1 rings (SSSR count). The molecule has 0 spiro atoms. The number of aliphatic imine (C=N–C) groups is 3. The molecule has 1 heterocycles. The number of amides is 4. The number of rotatable bonds is 0. The second-order valence-corrected chi connectivity index (χ2v) is 1.56. The number of hydrogen-bond donors (Lipinski definition) is 1. The molecule has 12 heavy (non-hydrogen) atoms. The average Bonchev–Trinajstić information content (AvgIpc) is 2.40. The average molecular weight is 168 g/mol. The van der Waals surface area contributed by atoms with E-state index < -0.39 is 12.1 Å².